The summed E-state index contributed by atoms with van der Waals surface area (Å²) in [5.74, 6) is -0.192. The molecule has 19 heavy (non-hydrogen) atoms. The minimum atomic E-state index is -0.172. The van der Waals surface area contributed by atoms with Gasteiger partial charge in [0.15, 0.2) is 0 Å². The number of halogens is 2. The van der Waals surface area contributed by atoms with Gasteiger partial charge >= 0.3 is 0 Å². The Morgan fingerprint density at radius 3 is 2.58 bits per heavy atom. The molecule has 0 bridgehead atoms. The minimum absolute atomic E-state index is 0.0252. The second-order valence-electron chi connectivity index (χ2n) is 4.67. The maximum absolute atomic E-state index is 11.9. The van der Waals surface area contributed by atoms with Crippen LogP contribution in [0, 0.1) is 0 Å². The van der Waals surface area contributed by atoms with Gasteiger partial charge in [0.2, 0.25) is 5.91 Å². The number of alkyl halides is 1. The zero-order valence-electron chi connectivity index (χ0n) is 10.7. The Morgan fingerprint density at radius 2 is 2.11 bits per heavy atom. The van der Waals surface area contributed by atoms with Gasteiger partial charge in [-0.2, -0.15) is 0 Å². The van der Waals surface area contributed by atoms with E-state index in [4.69, 9.17) is 23.2 Å². The fourth-order valence-corrected chi connectivity index (χ4v) is 2.53. The molecule has 0 aromatic heterocycles. The van der Waals surface area contributed by atoms with Crippen molar-refractivity contribution in [3.63, 3.8) is 0 Å². The van der Waals surface area contributed by atoms with E-state index in [0.717, 1.165) is 0 Å². The molecule has 1 aliphatic heterocycles. The molecular formula is C13H14Cl2N2O2. The third kappa shape index (κ3) is 2.85. The molecule has 0 spiro atoms. The van der Waals surface area contributed by atoms with Crippen molar-refractivity contribution < 1.29 is 9.59 Å². The molecule has 1 atom stereocenters. The average Bonchev–Trinajstić information content (AvgIpc) is 2.67. The van der Waals surface area contributed by atoms with E-state index in [1.165, 1.54) is 4.90 Å². The molecule has 1 aliphatic rings. The minimum Gasteiger partial charge on any atom is -0.345 e. The predicted octanol–water partition coefficient (Wildman–Crippen LogP) is 2.39. The number of carbonyl (C=O) groups excluding carboxylic acids is 2. The molecule has 4 nitrogen and oxygen atoms in total. The molecule has 0 aliphatic carbocycles. The van der Waals surface area contributed by atoms with Gasteiger partial charge in [0.05, 0.1) is 16.0 Å². The Bertz CT molecular complexity index is 531. The molecule has 2 rings (SSSR count). The highest BCUT2D eigenvalue weighted by Crippen LogP contribution is 2.28. The van der Waals surface area contributed by atoms with E-state index >= 15 is 0 Å². The Kier molecular flexibility index (Phi) is 4.02. The van der Waals surface area contributed by atoms with E-state index < -0.39 is 0 Å². The van der Waals surface area contributed by atoms with Crippen LogP contribution in [0.4, 0.5) is 5.69 Å². The highest BCUT2D eigenvalue weighted by atomic mass is 35.5. The zero-order valence-corrected chi connectivity index (χ0v) is 12.2. The van der Waals surface area contributed by atoms with Crippen LogP contribution in [0.15, 0.2) is 18.2 Å². The Labute approximate surface area is 121 Å². The summed E-state index contributed by atoms with van der Waals surface area (Å²) in [6, 6.07) is 4.98. The quantitative estimate of drug-likeness (QED) is 0.787. The third-order valence-corrected chi connectivity index (χ3v) is 3.58. The van der Waals surface area contributed by atoms with Crippen LogP contribution in [0.3, 0.4) is 0 Å². The van der Waals surface area contributed by atoms with E-state index in [2.05, 4.69) is 0 Å². The summed E-state index contributed by atoms with van der Waals surface area (Å²) < 4.78 is 0. The van der Waals surface area contributed by atoms with Gasteiger partial charge in [-0.25, -0.2) is 0 Å². The van der Waals surface area contributed by atoms with E-state index in [9.17, 15) is 9.59 Å². The van der Waals surface area contributed by atoms with Gasteiger partial charge in [0.1, 0.15) is 0 Å². The summed E-state index contributed by atoms with van der Waals surface area (Å²) in [7, 11) is 3.32. The molecule has 0 saturated carbocycles. The first-order chi connectivity index (χ1) is 8.90. The molecule has 1 aromatic rings. The van der Waals surface area contributed by atoms with E-state index in [0.29, 0.717) is 29.2 Å². The van der Waals surface area contributed by atoms with Crippen LogP contribution in [0.25, 0.3) is 0 Å². The number of hydrogen-bond donors (Lipinski definition) is 0. The topological polar surface area (TPSA) is 40.6 Å². The fraction of sp³-hybridized carbons (Fsp3) is 0.385. The zero-order chi connectivity index (χ0) is 14.2. The Hall–Kier alpha value is -1.26. The molecule has 2 amide bonds. The molecule has 0 radical (unpaired) electrons. The maximum atomic E-state index is 11.9. The number of nitrogens with zero attached hydrogens (tertiary/aromatic N) is 2. The lowest BCUT2D eigenvalue weighted by Crippen LogP contribution is -2.25. The van der Waals surface area contributed by atoms with Crippen molar-refractivity contribution in [3.05, 3.63) is 28.8 Å². The first-order valence-electron chi connectivity index (χ1n) is 5.86. The lowest BCUT2D eigenvalue weighted by atomic mass is 10.1. The molecule has 6 heteroatoms. The summed E-state index contributed by atoms with van der Waals surface area (Å²) in [6.07, 6.45) is 0.331. The molecule has 1 unspecified atom stereocenters. The van der Waals surface area contributed by atoms with Crippen LogP contribution in [-0.4, -0.2) is 42.7 Å². The number of hydrogen-bond acceptors (Lipinski definition) is 2. The van der Waals surface area contributed by atoms with Crippen molar-refractivity contribution in [1.29, 1.82) is 0 Å². The van der Waals surface area contributed by atoms with Gasteiger partial charge < -0.3 is 9.80 Å². The maximum Gasteiger partial charge on any atom is 0.254 e. The lowest BCUT2D eigenvalue weighted by molar-refractivity contribution is -0.117. The second kappa shape index (κ2) is 5.39. The summed E-state index contributed by atoms with van der Waals surface area (Å²) >= 11 is 12.1. The van der Waals surface area contributed by atoms with Crippen LogP contribution in [0.1, 0.15) is 16.8 Å². The SMILES string of the molecule is CN(C)C(=O)c1ccc(N2CC(Cl)CC2=O)cc1Cl. The Balaban J connectivity index is 2.29. The standard InChI is InChI=1S/C13H14Cl2N2O2/c1-16(2)13(19)10-4-3-9(6-11(10)15)17-7-8(14)5-12(17)18/h3-4,6,8H,5,7H2,1-2H3. The summed E-state index contributed by atoms with van der Waals surface area (Å²) in [5.41, 5.74) is 1.10. The first kappa shape index (κ1) is 14.2. The molecule has 1 fully saturated rings. The van der Waals surface area contributed by atoms with Gasteiger partial charge in [-0.05, 0) is 18.2 Å². The fourth-order valence-electron chi connectivity index (χ4n) is 2.00. The van der Waals surface area contributed by atoms with Gasteiger partial charge in [-0.15, -0.1) is 11.6 Å². The van der Waals surface area contributed by atoms with Crippen LogP contribution < -0.4 is 4.90 Å². The number of anilines is 1. The third-order valence-electron chi connectivity index (χ3n) is 2.98. The van der Waals surface area contributed by atoms with E-state index in [1.807, 2.05) is 0 Å². The summed E-state index contributed by atoms with van der Waals surface area (Å²) in [5, 5.41) is 0.163. The molecule has 1 heterocycles. The average molecular weight is 301 g/mol. The van der Waals surface area contributed by atoms with Gasteiger partial charge in [-0.3, -0.25) is 9.59 Å². The van der Waals surface area contributed by atoms with Crippen LogP contribution in [-0.2, 0) is 4.79 Å². The van der Waals surface area contributed by atoms with Crippen molar-refractivity contribution in [2.24, 2.45) is 0 Å². The van der Waals surface area contributed by atoms with Gasteiger partial charge in [0.25, 0.3) is 5.91 Å². The van der Waals surface area contributed by atoms with Crippen molar-refractivity contribution >= 4 is 40.7 Å². The molecule has 102 valence electrons. The summed E-state index contributed by atoms with van der Waals surface area (Å²) in [6.45, 7) is 0.470. The van der Waals surface area contributed by atoms with Gasteiger partial charge in [-0.1, -0.05) is 11.6 Å². The number of amides is 2. The van der Waals surface area contributed by atoms with Gasteiger partial charge in [0, 0.05) is 32.7 Å². The number of carbonyl (C=O) groups is 2. The van der Waals surface area contributed by atoms with Crippen LogP contribution in [0.2, 0.25) is 5.02 Å². The Morgan fingerprint density at radius 1 is 1.42 bits per heavy atom. The molecule has 1 aromatic carbocycles. The summed E-state index contributed by atoms with van der Waals surface area (Å²) in [4.78, 5) is 26.6. The smallest absolute Gasteiger partial charge is 0.254 e. The first-order valence-corrected chi connectivity index (χ1v) is 6.67. The van der Waals surface area contributed by atoms with Crippen LogP contribution >= 0.6 is 23.2 Å². The lowest BCUT2D eigenvalue weighted by Gasteiger charge is -2.18. The number of benzene rings is 1. The highest BCUT2D eigenvalue weighted by Gasteiger charge is 2.29. The second-order valence-corrected chi connectivity index (χ2v) is 5.69. The van der Waals surface area contributed by atoms with Crippen molar-refractivity contribution in [2.45, 2.75) is 11.8 Å². The number of rotatable bonds is 2. The van der Waals surface area contributed by atoms with Crippen LogP contribution in [0.5, 0.6) is 0 Å². The predicted molar refractivity (Wildman–Crippen MR) is 76.1 cm³/mol. The van der Waals surface area contributed by atoms with Crippen molar-refractivity contribution in [1.82, 2.24) is 4.90 Å². The van der Waals surface area contributed by atoms with E-state index in [-0.39, 0.29) is 17.2 Å². The molecule has 0 N–H and O–H groups in total. The largest absolute Gasteiger partial charge is 0.345 e. The normalized spacial score (nSPS) is 18.8. The van der Waals surface area contributed by atoms with Crippen molar-refractivity contribution in [2.75, 3.05) is 25.5 Å². The monoisotopic (exact) mass is 300 g/mol. The highest BCUT2D eigenvalue weighted by molar-refractivity contribution is 6.34. The van der Waals surface area contributed by atoms with E-state index in [1.54, 1.807) is 37.2 Å². The molecule has 1 saturated heterocycles. The van der Waals surface area contributed by atoms with Crippen molar-refractivity contribution in [3.8, 4) is 0 Å². The molecular weight excluding hydrogens is 287 g/mol.